The van der Waals surface area contributed by atoms with E-state index in [1.54, 1.807) is 0 Å². The maximum Gasteiger partial charge on any atom is 0.244 e. The van der Waals surface area contributed by atoms with E-state index in [0.29, 0.717) is 24.7 Å². The number of hydrogen-bond donors (Lipinski definition) is 0. The number of carbonyl (C=O) groups excluding carboxylic acids is 2. The average Bonchev–Trinajstić information content (AvgIpc) is 2.56. The number of hydrazone groups is 1. The van der Waals surface area contributed by atoms with Crippen molar-refractivity contribution in [3.63, 3.8) is 0 Å². The topological polar surface area (TPSA) is 53.0 Å². The second-order valence-corrected chi connectivity index (χ2v) is 7.61. The molecule has 5 nitrogen and oxygen atoms in total. The summed E-state index contributed by atoms with van der Waals surface area (Å²) < 4.78 is 0. The third-order valence-corrected chi connectivity index (χ3v) is 5.00. The minimum Gasteiger partial charge on any atom is -0.341 e. The van der Waals surface area contributed by atoms with Gasteiger partial charge in [-0.05, 0) is 30.7 Å². The van der Waals surface area contributed by atoms with Crippen LogP contribution in [-0.2, 0) is 9.59 Å². The molecule has 2 aliphatic heterocycles. The van der Waals surface area contributed by atoms with Gasteiger partial charge < -0.3 is 4.90 Å². The molecule has 0 spiro atoms. The molecule has 2 unspecified atom stereocenters. The first kappa shape index (κ1) is 17.6. The van der Waals surface area contributed by atoms with Crippen LogP contribution in [0.15, 0.2) is 29.4 Å². The Morgan fingerprint density at radius 1 is 1.12 bits per heavy atom. The Bertz CT molecular complexity index is 671. The quantitative estimate of drug-likeness (QED) is 0.849. The van der Waals surface area contributed by atoms with Gasteiger partial charge in [-0.25, -0.2) is 5.01 Å². The number of benzene rings is 1. The van der Waals surface area contributed by atoms with Crippen molar-refractivity contribution in [2.75, 3.05) is 19.6 Å². The maximum atomic E-state index is 12.7. The van der Waals surface area contributed by atoms with Gasteiger partial charge in [-0.1, -0.05) is 43.7 Å². The number of amides is 2. The van der Waals surface area contributed by atoms with Crippen LogP contribution in [0.4, 0.5) is 0 Å². The number of carbonyl (C=O) groups is 2. The van der Waals surface area contributed by atoms with Crippen molar-refractivity contribution in [3.05, 3.63) is 35.4 Å². The van der Waals surface area contributed by atoms with Gasteiger partial charge in [0.05, 0.1) is 5.71 Å². The molecule has 1 saturated heterocycles. The highest BCUT2D eigenvalue weighted by molar-refractivity contribution is 6.04. The van der Waals surface area contributed by atoms with Crippen LogP contribution in [-0.4, -0.2) is 47.1 Å². The van der Waals surface area contributed by atoms with Crippen LogP contribution in [0.2, 0.25) is 0 Å². The summed E-state index contributed by atoms with van der Waals surface area (Å²) in [4.78, 5) is 26.8. The molecule has 0 bridgehead atoms. The van der Waals surface area contributed by atoms with Gasteiger partial charge in [0.25, 0.3) is 0 Å². The van der Waals surface area contributed by atoms with Gasteiger partial charge in [-0.2, -0.15) is 5.10 Å². The normalized spacial score (nSPS) is 24.3. The lowest BCUT2D eigenvalue weighted by Gasteiger charge is -2.36. The number of nitrogens with zero attached hydrogens (tertiary/aromatic N) is 3. The van der Waals surface area contributed by atoms with Gasteiger partial charge in [0.1, 0.15) is 6.54 Å². The summed E-state index contributed by atoms with van der Waals surface area (Å²) in [5, 5.41) is 5.85. The van der Waals surface area contributed by atoms with E-state index < -0.39 is 0 Å². The average molecular weight is 341 g/mol. The first-order valence-corrected chi connectivity index (χ1v) is 9.15. The molecule has 0 radical (unpaired) electrons. The van der Waals surface area contributed by atoms with Crippen LogP contribution < -0.4 is 0 Å². The molecule has 0 saturated carbocycles. The van der Waals surface area contributed by atoms with E-state index in [0.717, 1.165) is 30.8 Å². The lowest BCUT2D eigenvalue weighted by atomic mass is 9.92. The zero-order valence-corrected chi connectivity index (χ0v) is 15.4. The Hall–Kier alpha value is -2.17. The van der Waals surface area contributed by atoms with Crippen molar-refractivity contribution >= 4 is 17.5 Å². The summed E-state index contributed by atoms with van der Waals surface area (Å²) in [6.07, 6.45) is 2.19. The van der Waals surface area contributed by atoms with E-state index in [9.17, 15) is 9.59 Å². The molecule has 2 amide bonds. The fraction of sp³-hybridized carbons (Fsp3) is 0.550. The lowest BCUT2D eigenvalue weighted by Crippen LogP contribution is -2.47. The fourth-order valence-electron chi connectivity index (χ4n) is 3.77. The third kappa shape index (κ3) is 4.27. The zero-order chi connectivity index (χ0) is 18.0. The Morgan fingerprint density at radius 2 is 1.76 bits per heavy atom. The minimum absolute atomic E-state index is 0.000608. The SMILES string of the molecule is Cc1ccc(C2=NN(CC(=O)N3CC(C)CC(C)C3)C(=O)CC2)cc1. The summed E-state index contributed by atoms with van der Waals surface area (Å²) in [7, 11) is 0. The second-order valence-electron chi connectivity index (χ2n) is 7.61. The molecule has 3 rings (SSSR count). The Kier molecular flexibility index (Phi) is 5.21. The summed E-state index contributed by atoms with van der Waals surface area (Å²) in [5.41, 5.74) is 3.10. The Balaban J connectivity index is 1.71. The molecule has 0 aromatic heterocycles. The summed E-state index contributed by atoms with van der Waals surface area (Å²) in [5.74, 6) is 0.954. The first-order valence-electron chi connectivity index (χ1n) is 9.15. The maximum absolute atomic E-state index is 12.7. The highest BCUT2D eigenvalue weighted by Gasteiger charge is 2.29. The molecule has 134 valence electrons. The summed E-state index contributed by atoms with van der Waals surface area (Å²) in [6, 6.07) is 8.14. The minimum atomic E-state index is -0.0673. The molecule has 2 atom stereocenters. The molecule has 5 heteroatoms. The van der Waals surface area contributed by atoms with Gasteiger partial charge in [-0.15, -0.1) is 0 Å². The number of rotatable bonds is 3. The molecule has 25 heavy (non-hydrogen) atoms. The first-order chi connectivity index (χ1) is 11.9. The van der Waals surface area contributed by atoms with Crippen molar-refractivity contribution in [1.29, 1.82) is 0 Å². The molecule has 2 aliphatic rings. The molecular weight excluding hydrogens is 314 g/mol. The molecular formula is C20H27N3O2. The summed E-state index contributed by atoms with van der Waals surface area (Å²) in [6.45, 7) is 8.00. The van der Waals surface area contributed by atoms with Crippen LogP contribution in [0, 0.1) is 18.8 Å². The van der Waals surface area contributed by atoms with E-state index in [1.165, 1.54) is 10.6 Å². The van der Waals surface area contributed by atoms with Crippen molar-refractivity contribution in [3.8, 4) is 0 Å². The smallest absolute Gasteiger partial charge is 0.244 e. The van der Waals surface area contributed by atoms with Crippen LogP contribution in [0.3, 0.4) is 0 Å². The number of aryl methyl sites for hydroxylation is 1. The fourth-order valence-corrected chi connectivity index (χ4v) is 3.77. The predicted octanol–water partition coefficient (Wildman–Crippen LogP) is 2.83. The van der Waals surface area contributed by atoms with Gasteiger partial charge in [0.15, 0.2) is 0 Å². The second kappa shape index (κ2) is 7.38. The molecule has 0 aliphatic carbocycles. The standard InChI is InChI=1S/C20H27N3O2/c1-14-4-6-17(7-5-14)18-8-9-19(24)23(21-18)13-20(25)22-11-15(2)10-16(3)12-22/h4-7,15-16H,8-13H2,1-3H3. The van der Waals surface area contributed by atoms with Crippen molar-refractivity contribution in [2.45, 2.75) is 40.0 Å². The van der Waals surface area contributed by atoms with Crippen LogP contribution >= 0.6 is 0 Å². The number of likely N-dealkylation sites (tertiary alicyclic amines) is 1. The highest BCUT2D eigenvalue weighted by atomic mass is 16.2. The van der Waals surface area contributed by atoms with E-state index in [-0.39, 0.29) is 18.4 Å². The predicted molar refractivity (Wildman–Crippen MR) is 98.2 cm³/mol. The van der Waals surface area contributed by atoms with E-state index in [4.69, 9.17) is 0 Å². The molecule has 1 fully saturated rings. The summed E-state index contributed by atoms with van der Waals surface area (Å²) >= 11 is 0. The molecule has 1 aromatic carbocycles. The van der Waals surface area contributed by atoms with Gasteiger partial charge >= 0.3 is 0 Å². The van der Waals surface area contributed by atoms with Crippen molar-refractivity contribution in [2.24, 2.45) is 16.9 Å². The van der Waals surface area contributed by atoms with Gasteiger partial charge in [-0.3, -0.25) is 9.59 Å². The van der Waals surface area contributed by atoms with Crippen LogP contribution in [0.1, 0.15) is 44.2 Å². The third-order valence-electron chi connectivity index (χ3n) is 5.00. The molecule has 2 heterocycles. The largest absolute Gasteiger partial charge is 0.341 e. The van der Waals surface area contributed by atoms with Crippen LogP contribution in [0.5, 0.6) is 0 Å². The van der Waals surface area contributed by atoms with E-state index in [2.05, 4.69) is 18.9 Å². The molecule has 1 aromatic rings. The monoisotopic (exact) mass is 341 g/mol. The Morgan fingerprint density at radius 3 is 2.40 bits per heavy atom. The zero-order valence-electron chi connectivity index (χ0n) is 15.4. The van der Waals surface area contributed by atoms with Crippen molar-refractivity contribution < 1.29 is 9.59 Å². The number of hydrogen-bond acceptors (Lipinski definition) is 3. The van der Waals surface area contributed by atoms with Gasteiger partial charge in [0, 0.05) is 25.9 Å². The van der Waals surface area contributed by atoms with E-state index in [1.807, 2.05) is 36.1 Å². The van der Waals surface area contributed by atoms with Gasteiger partial charge in [0.2, 0.25) is 11.8 Å². The number of piperidine rings is 1. The van der Waals surface area contributed by atoms with Crippen LogP contribution in [0.25, 0.3) is 0 Å². The Labute approximate surface area is 149 Å². The highest BCUT2D eigenvalue weighted by Crippen LogP contribution is 2.22. The van der Waals surface area contributed by atoms with Crippen molar-refractivity contribution in [1.82, 2.24) is 9.91 Å². The molecule has 0 N–H and O–H groups in total. The lowest BCUT2D eigenvalue weighted by molar-refractivity contribution is -0.142. The van der Waals surface area contributed by atoms with E-state index >= 15 is 0 Å².